The average molecular weight is 445 g/mol. The van der Waals surface area contributed by atoms with Crippen molar-refractivity contribution in [2.24, 2.45) is 0 Å². The van der Waals surface area contributed by atoms with Gasteiger partial charge in [0.1, 0.15) is 11.5 Å². The fourth-order valence-electron chi connectivity index (χ4n) is 4.55. The SMILES string of the molecule is Nc1ncc(C2CCOCC2)nc1-c1ccc(C(=O)N2CCOCC2c2ccccc2)cc1. The number of anilines is 1. The largest absolute Gasteiger partial charge is 0.382 e. The lowest BCUT2D eigenvalue weighted by molar-refractivity contribution is -0.00269. The molecule has 2 N–H and O–H groups in total. The van der Waals surface area contributed by atoms with Crippen molar-refractivity contribution in [2.45, 2.75) is 24.8 Å². The average Bonchev–Trinajstić information content (AvgIpc) is 2.90. The second-order valence-corrected chi connectivity index (χ2v) is 8.49. The third kappa shape index (κ3) is 4.60. The summed E-state index contributed by atoms with van der Waals surface area (Å²) < 4.78 is 11.1. The highest BCUT2D eigenvalue weighted by Gasteiger charge is 2.29. The lowest BCUT2D eigenvalue weighted by Crippen LogP contribution is -2.43. The number of rotatable bonds is 4. The van der Waals surface area contributed by atoms with Crippen LogP contribution in [0, 0.1) is 0 Å². The van der Waals surface area contributed by atoms with E-state index in [0.29, 0.717) is 42.8 Å². The fourth-order valence-corrected chi connectivity index (χ4v) is 4.55. The Morgan fingerprint density at radius 3 is 2.48 bits per heavy atom. The minimum absolute atomic E-state index is 0.00582. The Hall–Kier alpha value is -3.29. The normalized spacial score (nSPS) is 19.4. The van der Waals surface area contributed by atoms with E-state index in [1.807, 2.05) is 59.5 Å². The maximum absolute atomic E-state index is 13.4. The molecule has 0 aliphatic carbocycles. The molecule has 0 spiro atoms. The molecule has 2 aliphatic heterocycles. The molecular formula is C26H28N4O3. The highest BCUT2D eigenvalue weighted by atomic mass is 16.5. The van der Waals surface area contributed by atoms with E-state index in [0.717, 1.165) is 42.9 Å². The van der Waals surface area contributed by atoms with Gasteiger partial charge in [-0.3, -0.25) is 4.79 Å². The molecule has 3 aromatic rings. The van der Waals surface area contributed by atoms with Crippen molar-refractivity contribution in [1.82, 2.24) is 14.9 Å². The van der Waals surface area contributed by atoms with E-state index in [9.17, 15) is 4.79 Å². The van der Waals surface area contributed by atoms with E-state index in [-0.39, 0.29) is 11.9 Å². The molecular weight excluding hydrogens is 416 g/mol. The van der Waals surface area contributed by atoms with Gasteiger partial charge in [-0.2, -0.15) is 0 Å². The van der Waals surface area contributed by atoms with Gasteiger partial charge in [0, 0.05) is 36.8 Å². The van der Waals surface area contributed by atoms with Gasteiger partial charge < -0.3 is 20.1 Å². The Morgan fingerprint density at radius 2 is 1.73 bits per heavy atom. The van der Waals surface area contributed by atoms with Gasteiger partial charge in [-0.1, -0.05) is 42.5 Å². The van der Waals surface area contributed by atoms with Crippen molar-refractivity contribution in [3.63, 3.8) is 0 Å². The predicted octanol–water partition coefficient (Wildman–Crippen LogP) is 3.83. The summed E-state index contributed by atoms with van der Waals surface area (Å²) in [6, 6.07) is 17.4. The maximum Gasteiger partial charge on any atom is 0.254 e. The van der Waals surface area contributed by atoms with Crippen molar-refractivity contribution < 1.29 is 14.3 Å². The molecule has 7 heteroatoms. The second-order valence-electron chi connectivity index (χ2n) is 8.49. The third-order valence-corrected chi connectivity index (χ3v) is 6.44. The summed E-state index contributed by atoms with van der Waals surface area (Å²) in [5.41, 5.74) is 10.3. The van der Waals surface area contributed by atoms with Crippen molar-refractivity contribution in [3.05, 3.63) is 77.6 Å². The van der Waals surface area contributed by atoms with E-state index >= 15 is 0 Å². The number of carbonyl (C=O) groups excluding carboxylic acids is 1. The van der Waals surface area contributed by atoms with Crippen LogP contribution in [0.1, 0.15) is 46.4 Å². The lowest BCUT2D eigenvalue weighted by Gasteiger charge is -2.36. The zero-order valence-corrected chi connectivity index (χ0v) is 18.5. The minimum Gasteiger partial charge on any atom is -0.382 e. The number of carbonyl (C=O) groups is 1. The number of nitrogen functional groups attached to an aromatic ring is 1. The molecule has 1 amide bonds. The van der Waals surface area contributed by atoms with Crippen molar-refractivity contribution >= 4 is 11.7 Å². The van der Waals surface area contributed by atoms with Crippen molar-refractivity contribution in [3.8, 4) is 11.3 Å². The Morgan fingerprint density at radius 1 is 0.970 bits per heavy atom. The molecule has 7 nitrogen and oxygen atoms in total. The van der Waals surface area contributed by atoms with Gasteiger partial charge in [-0.25, -0.2) is 9.97 Å². The summed E-state index contributed by atoms with van der Waals surface area (Å²) >= 11 is 0. The molecule has 2 fully saturated rings. The van der Waals surface area contributed by atoms with Crippen LogP contribution in [0.3, 0.4) is 0 Å². The molecule has 1 unspecified atom stereocenters. The molecule has 0 bridgehead atoms. The standard InChI is InChI=1S/C26H28N4O3/c27-25-24(29-22(16-28-25)18-10-13-32-14-11-18)20-6-8-21(9-7-20)26(31)30-12-15-33-17-23(30)19-4-2-1-3-5-19/h1-9,16,18,23H,10-15,17H2,(H2,27,28). The summed E-state index contributed by atoms with van der Waals surface area (Å²) in [6.07, 6.45) is 3.65. The zero-order valence-electron chi connectivity index (χ0n) is 18.5. The van der Waals surface area contributed by atoms with Gasteiger partial charge in [0.15, 0.2) is 0 Å². The Balaban J connectivity index is 1.37. The van der Waals surface area contributed by atoms with Gasteiger partial charge in [0.2, 0.25) is 0 Å². The van der Waals surface area contributed by atoms with Crippen LogP contribution in [-0.4, -0.2) is 53.7 Å². The van der Waals surface area contributed by atoms with E-state index in [4.69, 9.17) is 20.2 Å². The molecule has 0 radical (unpaired) electrons. The first-order chi connectivity index (χ1) is 16.2. The molecule has 33 heavy (non-hydrogen) atoms. The number of amides is 1. The summed E-state index contributed by atoms with van der Waals surface area (Å²) in [5, 5.41) is 0. The zero-order chi connectivity index (χ0) is 22.6. The topological polar surface area (TPSA) is 90.6 Å². The number of hydrogen-bond acceptors (Lipinski definition) is 6. The molecule has 170 valence electrons. The number of morpholine rings is 1. The summed E-state index contributed by atoms with van der Waals surface area (Å²) in [6.45, 7) is 3.09. The van der Waals surface area contributed by atoms with Crippen LogP contribution in [0.4, 0.5) is 5.82 Å². The first kappa shape index (κ1) is 21.6. The van der Waals surface area contributed by atoms with Crippen LogP contribution in [-0.2, 0) is 9.47 Å². The van der Waals surface area contributed by atoms with E-state index in [2.05, 4.69) is 4.98 Å². The Labute approximate surface area is 193 Å². The van der Waals surface area contributed by atoms with E-state index in [1.54, 1.807) is 6.20 Å². The lowest BCUT2D eigenvalue weighted by atomic mass is 9.96. The van der Waals surface area contributed by atoms with E-state index < -0.39 is 0 Å². The van der Waals surface area contributed by atoms with Crippen molar-refractivity contribution in [1.29, 1.82) is 0 Å². The summed E-state index contributed by atoms with van der Waals surface area (Å²) in [5.74, 6) is 0.721. The molecule has 5 rings (SSSR count). The second kappa shape index (κ2) is 9.68. The minimum atomic E-state index is -0.0928. The number of hydrogen-bond donors (Lipinski definition) is 1. The van der Waals surface area contributed by atoms with Crippen LogP contribution >= 0.6 is 0 Å². The van der Waals surface area contributed by atoms with Gasteiger partial charge in [-0.15, -0.1) is 0 Å². The Kier molecular flexibility index (Phi) is 6.32. The van der Waals surface area contributed by atoms with Crippen LogP contribution in [0.2, 0.25) is 0 Å². The third-order valence-electron chi connectivity index (χ3n) is 6.44. The van der Waals surface area contributed by atoms with E-state index in [1.165, 1.54) is 0 Å². The number of ether oxygens (including phenoxy) is 2. The van der Waals surface area contributed by atoms with Crippen molar-refractivity contribution in [2.75, 3.05) is 38.7 Å². The monoisotopic (exact) mass is 444 g/mol. The molecule has 2 aromatic carbocycles. The van der Waals surface area contributed by atoms with Gasteiger partial charge in [0.25, 0.3) is 5.91 Å². The quantitative estimate of drug-likeness (QED) is 0.658. The molecule has 1 aromatic heterocycles. The van der Waals surface area contributed by atoms with Crippen LogP contribution < -0.4 is 5.73 Å². The van der Waals surface area contributed by atoms with Crippen LogP contribution in [0.15, 0.2) is 60.8 Å². The first-order valence-electron chi connectivity index (χ1n) is 11.4. The number of aromatic nitrogens is 2. The summed E-state index contributed by atoms with van der Waals surface area (Å²) in [7, 11) is 0. The maximum atomic E-state index is 13.4. The highest BCUT2D eigenvalue weighted by Crippen LogP contribution is 2.30. The Bertz CT molecular complexity index is 1100. The molecule has 0 saturated carbocycles. The van der Waals surface area contributed by atoms with Gasteiger partial charge >= 0.3 is 0 Å². The smallest absolute Gasteiger partial charge is 0.254 e. The first-order valence-corrected chi connectivity index (χ1v) is 11.4. The summed E-state index contributed by atoms with van der Waals surface area (Å²) in [4.78, 5) is 24.5. The van der Waals surface area contributed by atoms with Gasteiger partial charge in [-0.05, 0) is 30.5 Å². The predicted molar refractivity (Wildman–Crippen MR) is 126 cm³/mol. The molecule has 2 saturated heterocycles. The number of benzene rings is 2. The van der Waals surface area contributed by atoms with Crippen LogP contribution in [0.5, 0.6) is 0 Å². The molecule has 2 aliphatic rings. The molecule has 1 atom stereocenters. The number of nitrogens with zero attached hydrogens (tertiary/aromatic N) is 3. The van der Waals surface area contributed by atoms with Gasteiger partial charge in [0.05, 0.1) is 31.1 Å². The highest BCUT2D eigenvalue weighted by molar-refractivity contribution is 5.95. The molecule has 3 heterocycles. The fraction of sp³-hybridized carbons (Fsp3) is 0.346. The number of nitrogens with two attached hydrogens (primary N) is 1. The van der Waals surface area contributed by atoms with Crippen LogP contribution in [0.25, 0.3) is 11.3 Å².